The van der Waals surface area contributed by atoms with Gasteiger partial charge in [-0.05, 0) is 23.8 Å². The van der Waals surface area contributed by atoms with E-state index < -0.39 is 5.82 Å². The summed E-state index contributed by atoms with van der Waals surface area (Å²) in [6, 6.07) is 7.18. The minimum Gasteiger partial charge on any atom is -0.494 e. The van der Waals surface area contributed by atoms with Crippen LogP contribution in [0.5, 0.6) is 5.75 Å². The van der Waals surface area contributed by atoms with E-state index in [2.05, 4.69) is 24.8 Å². The average molecular weight is 353 g/mol. The molecule has 0 bridgehead atoms. The Morgan fingerprint density at radius 2 is 1.85 bits per heavy atom. The van der Waals surface area contributed by atoms with Gasteiger partial charge in [0.1, 0.15) is 12.1 Å². The average Bonchev–Trinajstić information content (AvgIpc) is 2.68. The van der Waals surface area contributed by atoms with Crippen molar-refractivity contribution in [1.29, 1.82) is 0 Å². The van der Waals surface area contributed by atoms with Gasteiger partial charge in [-0.2, -0.15) is 0 Å². The molecule has 0 aliphatic carbocycles. The van der Waals surface area contributed by atoms with E-state index in [4.69, 9.17) is 4.74 Å². The molecular weight excluding hydrogens is 333 g/mol. The van der Waals surface area contributed by atoms with Crippen molar-refractivity contribution in [3.8, 4) is 5.75 Å². The maximum atomic E-state index is 13.9. The monoisotopic (exact) mass is 353 g/mol. The number of nitrogens with zero attached hydrogens (tertiary/aromatic N) is 5. The van der Waals surface area contributed by atoms with Crippen LogP contribution in [0.15, 0.2) is 43.0 Å². The summed E-state index contributed by atoms with van der Waals surface area (Å²) in [7, 11) is 1.46. The molecule has 4 rings (SSSR count). The number of aromatic nitrogens is 3. The Balaban J connectivity index is 1.52. The number of fused-ring (bicyclic) bond motifs is 1. The lowest BCUT2D eigenvalue weighted by Crippen LogP contribution is -2.46. The quantitative estimate of drug-likeness (QED) is 0.718. The van der Waals surface area contributed by atoms with E-state index in [1.54, 1.807) is 6.07 Å². The van der Waals surface area contributed by atoms with Crippen molar-refractivity contribution >= 4 is 16.7 Å². The molecule has 0 radical (unpaired) electrons. The van der Waals surface area contributed by atoms with Gasteiger partial charge in [-0.3, -0.25) is 9.88 Å². The summed E-state index contributed by atoms with van der Waals surface area (Å²) in [5.41, 5.74) is 1.86. The highest BCUT2D eigenvalue weighted by Gasteiger charge is 2.21. The minimum atomic E-state index is -0.410. The number of anilines is 1. The van der Waals surface area contributed by atoms with Crippen molar-refractivity contribution < 1.29 is 9.13 Å². The molecular formula is C19H20FN5O. The third-order valence-corrected chi connectivity index (χ3v) is 4.72. The van der Waals surface area contributed by atoms with Gasteiger partial charge in [0.2, 0.25) is 0 Å². The molecule has 134 valence electrons. The fourth-order valence-electron chi connectivity index (χ4n) is 3.32. The summed E-state index contributed by atoms with van der Waals surface area (Å²) < 4.78 is 19.1. The van der Waals surface area contributed by atoms with E-state index in [-0.39, 0.29) is 5.75 Å². The van der Waals surface area contributed by atoms with Crippen molar-refractivity contribution in [3.05, 3.63) is 54.4 Å². The van der Waals surface area contributed by atoms with Gasteiger partial charge in [0.25, 0.3) is 0 Å². The number of halogens is 1. The van der Waals surface area contributed by atoms with Crippen LogP contribution in [0.4, 0.5) is 10.2 Å². The first kappa shape index (κ1) is 16.7. The van der Waals surface area contributed by atoms with E-state index in [1.807, 2.05) is 24.5 Å². The number of hydrogen-bond donors (Lipinski definition) is 0. The molecule has 1 fully saturated rings. The lowest BCUT2D eigenvalue weighted by molar-refractivity contribution is 0.249. The molecule has 1 aromatic carbocycles. The standard InChI is InChI=1S/C19H20FN5O/c1-26-18-10-15-17(11-16(18)20)22-13-23-19(15)25-8-6-24(7-9-25)12-14-2-4-21-5-3-14/h2-5,10-11,13H,6-9,12H2,1H3. The second-order valence-electron chi connectivity index (χ2n) is 6.32. The second kappa shape index (κ2) is 7.21. The maximum absolute atomic E-state index is 13.9. The molecule has 0 amide bonds. The Kier molecular flexibility index (Phi) is 4.62. The number of methoxy groups -OCH3 is 1. The van der Waals surface area contributed by atoms with Gasteiger partial charge in [0, 0.05) is 56.6 Å². The first-order valence-electron chi connectivity index (χ1n) is 8.59. The summed E-state index contributed by atoms with van der Waals surface area (Å²) in [4.78, 5) is 17.3. The summed E-state index contributed by atoms with van der Waals surface area (Å²) >= 11 is 0. The largest absolute Gasteiger partial charge is 0.494 e. The third-order valence-electron chi connectivity index (χ3n) is 4.72. The predicted molar refractivity (Wildman–Crippen MR) is 97.8 cm³/mol. The molecule has 0 N–H and O–H groups in total. The summed E-state index contributed by atoms with van der Waals surface area (Å²) in [5.74, 6) is 0.633. The summed E-state index contributed by atoms with van der Waals surface area (Å²) in [5, 5.41) is 0.813. The van der Waals surface area contributed by atoms with Crippen LogP contribution >= 0.6 is 0 Å². The molecule has 1 aliphatic rings. The second-order valence-corrected chi connectivity index (χ2v) is 6.32. The Morgan fingerprint density at radius 3 is 2.58 bits per heavy atom. The van der Waals surface area contributed by atoms with Gasteiger partial charge in [-0.15, -0.1) is 0 Å². The first-order chi connectivity index (χ1) is 12.7. The van der Waals surface area contributed by atoms with Crippen LogP contribution < -0.4 is 9.64 Å². The third kappa shape index (κ3) is 3.30. The Morgan fingerprint density at radius 1 is 1.08 bits per heavy atom. The minimum absolute atomic E-state index is 0.213. The molecule has 2 aromatic heterocycles. The van der Waals surface area contributed by atoms with Crippen molar-refractivity contribution in [1.82, 2.24) is 19.9 Å². The number of piperazine rings is 1. The van der Waals surface area contributed by atoms with Crippen LogP contribution in [-0.2, 0) is 6.54 Å². The van der Waals surface area contributed by atoms with Crippen molar-refractivity contribution in [3.63, 3.8) is 0 Å². The number of benzene rings is 1. The molecule has 1 saturated heterocycles. The maximum Gasteiger partial charge on any atom is 0.167 e. The van der Waals surface area contributed by atoms with Crippen LogP contribution in [0.2, 0.25) is 0 Å². The molecule has 26 heavy (non-hydrogen) atoms. The highest BCUT2D eigenvalue weighted by molar-refractivity contribution is 5.90. The molecule has 0 unspecified atom stereocenters. The Hall–Kier alpha value is -2.80. The highest BCUT2D eigenvalue weighted by Crippen LogP contribution is 2.29. The van der Waals surface area contributed by atoms with Crippen LogP contribution in [0, 0.1) is 5.82 Å². The number of rotatable bonds is 4. The first-order valence-corrected chi connectivity index (χ1v) is 8.59. The van der Waals surface area contributed by atoms with Crippen molar-refractivity contribution in [2.24, 2.45) is 0 Å². The van der Waals surface area contributed by atoms with Crippen LogP contribution in [-0.4, -0.2) is 53.1 Å². The van der Waals surface area contributed by atoms with Crippen LogP contribution in [0.25, 0.3) is 10.9 Å². The zero-order valence-electron chi connectivity index (χ0n) is 14.6. The van der Waals surface area contributed by atoms with Crippen molar-refractivity contribution in [2.45, 2.75) is 6.54 Å². The van der Waals surface area contributed by atoms with E-state index >= 15 is 0 Å². The SMILES string of the molecule is COc1cc2c(N3CCN(Cc4ccncc4)CC3)ncnc2cc1F. The summed E-state index contributed by atoms with van der Waals surface area (Å²) in [6.07, 6.45) is 5.14. The molecule has 3 heterocycles. The van der Waals surface area contributed by atoms with E-state index in [1.165, 1.54) is 25.1 Å². The van der Waals surface area contributed by atoms with E-state index in [0.29, 0.717) is 5.52 Å². The zero-order valence-corrected chi connectivity index (χ0v) is 14.6. The Bertz CT molecular complexity index is 897. The molecule has 7 heteroatoms. The molecule has 0 atom stereocenters. The van der Waals surface area contributed by atoms with Crippen LogP contribution in [0.1, 0.15) is 5.56 Å². The van der Waals surface area contributed by atoms with Gasteiger partial charge in [-0.25, -0.2) is 14.4 Å². The summed E-state index contributed by atoms with van der Waals surface area (Å²) in [6.45, 7) is 4.51. The molecule has 0 saturated carbocycles. The van der Waals surface area contributed by atoms with E-state index in [0.717, 1.165) is 43.9 Å². The smallest absolute Gasteiger partial charge is 0.167 e. The Labute approximate surface area is 151 Å². The number of ether oxygens (including phenoxy) is 1. The highest BCUT2D eigenvalue weighted by atomic mass is 19.1. The molecule has 6 nitrogen and oxygen atoms in total. The normalized spacial score (nSPS) is 15.4. The number of hydrogen-bond acceptors (Lipinski definition) is 6. The van der Waals surface area contributed by atoms with Gasteiger partial charge >= 0.3 is 0 Å². The lowest BCUT2D eigenvalue weighted by Gasteiger charge is -2.35. The fourth-order valence-corrected chi connectivity index (χ4v) is 3.32. The number of pyridine rings is 1. The van der Waals surface area contributed by atoms with Crippen molar-refractivity contribution in [2.75, 3.05) is 38.2 Å². The fraction of sp³-hybridized carbons (Fsp3) is 0.316. The van der Waals surface area contributed by atoms with Gasteiger partial charge in [-0.1, -0.05) is 0 Å². The van der Waals surface area contributed by atoms with Gasteiger partial charge < -0.3 is 9.64 Å². The topological polar surface area (TPSA) is 54.4 Å². The molecule has 0 spiro atoms. The molecule has 3 aromatic rings. The van der Waals surface area contributed by atoms with Gasteiger partial charge in [0.15, 0.2) is 11.6 Å². The zero-order chi connectivity index (χ0) is 17.9. The molecule has 1 aliphatic heterocycles. The van der Waals surface area contributed by atoms with E-state index in [9.17, 15) is 4.39 Å². The van der Waals surface area contributed by atoms with Crippen LogP contribution in [0.3, 0.4) is 0 Å². The predicted octanol–water partition coefficient (Wildman–Crippen LogP) is 2.49. The lowest BCUT2D eigenvalue weighted by atomic mass is 10.2. The van der Waals surface area contributed by atoms with Gasteiger partial charge in [0.05, 0.1) is 12.6 Å².